The molecule has 5 heteroatoms. The van der Waals surface area contributed by atoms with Crippen LogP contribution < -0.4 is 0 Å². The van der Waals surface area contributed by atoms with E-state index in [1.54, 1.807) is 7.11 Å². The Morgan fingerprint density at radius 3 is 1.51 bits per heavy atom. The molecular formula is C30H60O5. The van der Waals surface area contributed by atoms with Crippen molar-refractivity contribution in [1.29, 1.82) is 0 Å². The van der Waals surface area contributed by atoms with E-state index < -0.39 is 0 Å². The van der Waals surface area contributed by atoms with Gasteiger partial charge in [-0.05, 0) is 12.3 Å². The van der Waals surface area contributed by atoms with Crippen LogP contribution in [0.3, 0.4) is 0 Å². The summed E-state index contributed by atoms with van der Waals surface area (Å²) in [5.41, 5.74) is 0. The van der Waals surface area contributed by atoms with Crippen molar-refractivity contribution < 1.29 is 23.7 Å². The third kappa shape index (κ3) is 27.8. The summed E-state index contributed by atoms with van der Waals surface area (Å²) in [6.45, 7) is 7.06. The van der Waals surface area contributed by atoms with Crippen molar-refractivity contribution in [3.63, 3.8) is 0 Å². The summed E-state index contributed by atoms with van der Waals surface area (Å²) >= 11 is 0. The maximum atomic E-state index is 12.0. The molecule has 0 aliphatic rings. The molecule has 0 aliphatic carbocycles. The molecule has 0 atom stereocenters. The molecule has 0 aliphatic heterocycles. The number of hydrogen-bond donors (Lipinski definition) is 0. The largest absolute Gasteiger partial charge is 0.464 e. The Bertz CT molecular complexity index is 396. The Morgan fingerprint density at radius 1 is 0.543 bits per heavy atom. The summed E-state index contributed by atoms with van der Waals surface area (Å²) < 4.78 is 21.0. The van der Waals surface area contributed by atoms with Gasteiger partial charge in [-0.2, -0.15) is 0 Å². The second kappa shape index (κ2) is 29.6. The molecule has 0 bridgehead atoms. The molecule has 210 valence electrons. The Kier molecular flexibility index (Phi) is 29.0. The predicted octanol–water partition coefficient (Wildman–Crippen LogP) is 8.28. The third-order valence-corrected chi connectivity index (χ3v) is 6.74. The van der Waals surface area contributed by atoms with Crippen LogP contribution in [0, 0.1) is 5.92 Å². The van der Waals surface area contributed by atoms with Gasteiger partial charge in [0.05, 0.1) is 33.0 Å². The van der Waals surface area contributed by atoms with Gasteiger partial charge in [0.1, 0.15) is 6.61 Å². The van der Waals surface area contributed by atoms with Crippen molar-refractivity contribution in [2.75, 3.05) is 46.8 Å². The lowest BCUT2D eigenvalue weighted by atomic mass is 9.91. The highest BCUT2D eigenvalue weighted by atomic mass is 16.6. The van der Waals surface area contributed by atoms with E-state index in [9.17, 15) is 4.79 Å². The average Bonchev–Trinajstić information content (AvgIpc) is 2.86. The molecule has 35 heavy (non-hydrogen) atoms. The van der Waals surface area contributed by atoms with Crippen molar-refractivity contribution in [2.45, 2.75) is 136 Å². The second-order valence-corrected chi connectivity index (χ2v) is 10.1. The Balaban J connectivity index is 3.98. The molecule has 0 amide bonds. The summed E-state index contributed by atoms with van der Waals surface area (Å²) in [5.74, 6) is 0.415. The zero-order valence-electron chi connectivity index (χ0n) is 23.8. The van der Waals surface area contributed by atoms with E-state index in [0.29, 0.717) is 39.0 Å². The number of carbonyl (C=O) groups is 1. The maximum absolute atomic E-state index is 12.0. The van der Waals surface area contributed by atoms with Gasteiger partial charge in [0, 0.05) is 7.11 Å². The third-order valence-electron chi connectivity index (χ3n) is 6.74. The number of unbranched alkanes of at least 4 members (excludes halogenated alkanes) is 14. The van der Waals surface area contributed by atoms with Crippen molar-refractivity contribution in [3.8, 4) is 0 Å². The molecule has 0 radical (unpaired) electrons. The minimum Gasteiger partial charge on any atom is -0.464 e. The van der Waals surface area contributed by atoms with Crippen LogP contribution in [0.25, 0.3) is 0 Å². The lowest BCUT2D eigenvalue weighted by Crippen LogP contribution is -2.17. The average molecular weight is 501 g/mol. The molecule has 0 saturated carbocycles. The zero-order chi connectivity index (χ0) is 25.7. The standard InChI is InChI=1S/C30H60O5/c1-4-6-8-10-12-14-16-18-20-29(21-19-17-15-13-11-9-7-5-2)22-23-35-30(31)28-34-27-26-33-25-24-32-3/h29H,4-28H2,1-3H3. The molecule has 0 N–H and O–H groups in total. The highest BCUT2D eigenvalue weighted by molar-refractivity contribution is 5.70. The van der Waals surface area contributed by atoms with Crippen LogP contribution >= 0.6 is 0 Å². The van der Waals surface area contributed by atoms with Gasteiger partial charge < -0.3 is 18.9 Å². The zero-order valence-corrected chi connectivity index (χ0v) is 23.8. The van der Waals surface area contributed by atoms with Crippen LogP contribution in [-0.2, 0) is 23.7 Å². The smallest absolute Gasteiger partial charge is 0.332 e. The van der Waals surface area contributed by atoms with Crippen LogP contribution in [-0.4, -0.2) is 52.7 Å². The first kappa shape index (κ1) is 34.4. The van der Waals surface area contributed by atoms with Crippen LogP contribution in [0.2, 0.25) is 0 Å². The van der Waals surface area contributed by atoms with Crippen molar-refractivity contribution in [3.05, 3.63) is 0 Å². The van der Waals surface area contributed by atoms with Crippen LogP contribution in [0.1, 0.15) is 136 Å². The Morgan fingerprint density at radius 2 is 1.00 bits per heavy atom. The molecule has 0 aromatic rings. The molecule has 0 heterocycles. The van der Waals surface area contributed by atoms with Gasteiger partial charge in [0.15, 0.2) is 0 Å². The number of ether oxygens (including phenoxy) is 4. The maximum Gasteiger partial charge on any atom is 0.332 e. The fraction of sp³-hybridized carbons (Fsp3) is 0.967. The number of hydrogen-bond acceptors (Lipinski definition) is 5. The molecule has 0 fully saturated rings. The van der Waals surface area contributed by atoms with Crippen LogP contribution in [0.15, 0.2) is 0 Å². The van der Waals surface area contributed by atoms with Crippen molar-refractivity contribution >= 4 is 5.97 Å². The second-order valence-electron chi connectivity index (χ2n) is 10.1. The first-order valence-electron chi connectivity index (χ1n) is 15.0. The highest BCUT2D eigenvalue weighted by Gasteiger charge is 2.11. The van der Waals surface area contributed by atoms with Gasteiger partial charge in [0.2, 0.25) is 0 Å². The number of methoxy groups -OCH3 is 1. The summed E-state index contributed by atoms with van der Waals surface area (Å²) in [7, 11) is 1.64. The molecular weight excluding hydrogens is 440 g/mol. The summed E-state index contributed by atoms with van der Waals surface area (Å²) in [5, 5.41) is 0. The number of esters is 1. The fourth-order valence-electron chi connectivity index (χ4n) is 4.47. The predicted molar refractivity (Wildman–Crippen MR) is 147 cm³/mol. The van der Waals surface area contributed by atoms with E-state index in [4.69, 9.17) is 18.9 Å². The number of rotatable bonds is 29. The van der Waals surface area contributed by atoms with E-state index in [0.717, 1.165) is 6.42 Å². The topological polar surface area (TPSA) is 54.0 Å². The van der Waals surface area contributed by atoms with Gasteiger partial charge in [0.25, 0.3) is 0 Å². The van der Waals surface area contributed by atoms with Gasteiger partial charge in [-0.25, -0.2) is 4.79 Å². The normalized spacial score (nSPS) is 11.4. The highest BCUT2D eigenvalue weighted by Crippen LogP contribution is 2.22. The lowest BCUT2D eigenvalue weighted by molar-refractivity contribution is -0.149. The van der Waals surface area contributed by atoms with E-state index in [1.165, 1.54) is 116 Å². The first-order chi connectivity index (χ1) is 17.2. The summed E-state index contributed by atoms with van der Waals surface area (Å²) in [4.78, 5) is 12.0. The van der Waals surface area contributed by atoms with E-state index in [-0.39, 0.29) is 12.6 Å². The summed E-state index contributed by atoms with van der Waals surface area (Å²) in [6, 6.07) is 0. The van der Waals surface area contributed by atoms with Crippen molar-refractivity contribution in [1.82, 2.24) is 0 Å². The quantitative estimate of drug-likeness (QED) is 0.0764. The van der Waals surface area contributed by atoms with E-state index >= 15 is 0 Å². The Labute approximate surface area is 218 Å². The SMILES string of the molecule is CCCCCCCCCCC(CCCCCCCCCC)CCOC(=O)COCCOCCOC. The molecule has 0 aromatic heterocycles. The lowest BCUT2D eigenvalue weighted by Gasteiger charge is -2.17. The number of carbonyl (C=O) groups excluding carboxylic acids is 1. The van der Waals surface area contributed by atoms with Gasteiger partial charge in [-0.15, -0.1) is 0 Å². The van der Waals surface area contributed by atoms with E-state index in [2.05, 4.69) is 13.8 Å². The monoisotopic (exact) mass is 500 g/mol. The molecule has 5 nitrogen and oxygen atoms in total. The molecule has 0 rings (SSSR count). The van der Waals surface area contributed by atoms with E-state index in [1.807, 2.05) is 0 Å². The Hall–Kier alpha value is -0.650. The first-order valence-corrected chi connectivity index (χ1v) is 15.0. The molecule has 0 aromatic carbocycles. The van der Waals surface area contributed by atoms with Gasteiger partial charge >= 0.3 is 5.97 Å². The fourth-order valence-corrected chi connectivity index (χ4v) is 4.47. The van der Waals surface area contributed by atoms with Crippen LogP contribution in [0.4, 0.5) is 0 Å². The van der Waals surface area contributed by atoms with Crippen LogP contribution in [0.5, 0.6) is 0 Å². The minimum absolute atomic E-state index is 0.00830. The van der Waals surface area contributed by atoms with Gasteiger partial charge in [-0.3, -0.25) is 0 Å². The van der Waals surface area contributed by atoms with Crippen molar-refractivity contribution in [2.24, 2.45) is 5.92 Å². The molecule has 0 unspecified atom stereocenters. The van der Waals surface area contributed by atoms with Gasteiger partial charge in [-0.1, -0.05) is 129 Å². The molecule has 0 spiro atoms. The molecule has 0 saturated heterocycles. The summed E-state index contributed by atoms with van der Waals surface area (Å²) in [6.07, 6.45) is 25.4. The minimum atomic E-state index is -0.264.